The van der Waals surface area contributed by atoms with E-state index in [4.69, 9.17) is 11.6 Å². The van der Waals surface area contributed by atoms with Gasteiger partial charge in [-0.05, 0) is 36.4 Å². The van der Waals surface area contributed by atoms with E-state index in [1.54, 1.807) is 22.8 Å². The van der Waals surface area contributed by atoms with Crippen LogP contribution in [0.2, 0.25) is 5.02 Å². The number of carbonyl (C=O) groups excluding carboxylic acids is 1. The van der Waals surface area contributed by atoms with E-state index in [1.165, 1.54) is 11.8 Å². The van der Waals surface area contributed by atoms with Gasteiger partial charge < -0.3 is 9.47 Å². The second kappa shape index (κ2) is 9.36. The molecule has 0 saturated carbocycles. The summed E-state index contributed by atoms with van der Waals surface area (Å²) < 4.78 is 3.69. The van der Waals surface area contributed by atoms with Crippen LogP contribution in [0.25, 0.3) is 17.1 Å². The standard InChI is InChI=1S/C22H21ClN6OS/c1-27(13-16-12-24-29(14-16)19-6-4-3-5-7-19)20(30)15-31-22-26-25-21(28(22)2)17-8-10-18(23)11-9-17/h3-12,14H,13,15H2,1-2H3. The molecular weight excluding hydrogens is 432 g/mol. The van der Waals surface area contributed by atoms with E-state index in [9.17, 15) is 4.79 Å². The predicted molar refractivity (Wildman–Crippen MR) is 122 cm³/mol. The zero-order chi connectivity index (χ0) is 21.8. The quantitative estimate of drug-likeness (QED) is 0.395. The van der Waals surface area contributed by atoms with E-state index in [-0.39, 0.29) is 11.7 Å². The molecule has 4 aromatic rings. The van der Waals surface area contributed by atoms with E-state index >= 15 is 0 Å². The van der Waals surface area contributed by atoms with Gasteiger partial charge in [-0.2, -0.15) is 5.10 Å². The first-order valence-corrected chi connectivity index (χ1v) is 11.0. The average Bonchev–Trinajstić information content (AvgIpc) is 3.40. The molecule has 0 bridgehead atoms. The fourth-order valence-corrected chi connectivity index (χ4v) is 4.03. The highest BCUT2D eigenvalue weighted by Crippen LogP contribution is 2.24. The second-order valence-electron chi connectivity index (χ2n) is 7.04. The Balaban J connectivity index is 1.35. The fraction of sp³-hybridized carbons (Fsp3) is 0.182. The van der Waals surface area contributed by atoms with Crippen molar-refractivity contribution < 1.29 is 4.79 Å². The fourth-order valence-electron chi connectivity index (χ4n) is 3.05. The van der Waals surface area contributed by atoms with Crippen LogP contribution in [0.1, 0.15) is 5.56 Å². The smallest absolute Gasteiger partial charge is 0.233 e. The zero-order valence-corrected chi connectivity index (χ0v) is 18.7. The topological polar surface area (TPSA) is 68.8 Å². The summed E-state index contributed by atoms with van der Waals surface area (Å²) in [7, 11) is 3.68. The van der Waals surface area contributed by atoms with Crippen molar-refractivity contribution in [2.24, 2.45) is 7.05 Å². The molecule has 7 nitrogen and oxygen atoms in total. The van der Waals surface area contributed by atoms with Gasteiger partial charge in [0.25, 0.3) is 0 Å². The largest absolute Gasteiger partial charge is 0.341 e. The van der Waals surface area contributed by atoms with Crippen molar-refractivity contribution in [3.05, 3.63) is 77.6 Å². The van der Waals surface area contributed by atoms with Gasteiger partial charge in [-0.25, -0.2) is 4.68 Å². The molecule has 2 heterocycles. The third-order valence-corrected chi connectivity index (χ3v) is 6.02. The third-order valence-electron chi connectivity index (χ3n) is 4.76. The molecule has 0 aliphatic heterocycles. The van der Waals surface area contributed by atoms with Crippen molar-refractivity contribution in [1.29, 1.82) is 0 Å². The zero-order valence-electron chi connectivity index (χ0n) is 17.1. The van der Waals surface area contributed by atoms with Crippen LogP contribution in [0.3, 0.4) is 0 Å². The van der Waals surface area contributed by atoms with Gasteiger partial charge in [-0.1, -0.05) is 41.6 Å². The first-order chi connectivity index (χ1) is 15.0. The highest BCUT2D eigenvalue weighted by atomic mass is 35.5. The number of amides is 1. The Morgan fingerprint density at radius 3 is 2.58 bits per heavy atom. The third kappa shape index (κ3) is 4.98. The lowest BCUT2D eigenvalue weighted by Crippen LogP contribution is -2.27. The van der Waals surface area contributed by atoms with Gasteiger partial charge in [0, 0.05) is 43.0 Å². The summed E-state index contributed by atoms with van der Waals surface area (Å²) >= 11 is 7.32. The van der Waals surface area contributed by atoms with Crippen LogP contribution < -0.4 is 0 Å². The Morgan fingerprint density at radius 2 is 1.84 bits per heavy atom. The minimum atomic E-state index is 0.00787. The molecule has 1 amide bonds. The summed E-state index contributed by atoms with van der Waals surface area (Å²) in [5, 5.41) is 14.2. The highest BCUT2D eigenvalue weighted by molar-refractivity contribution is 7.99. The predicted octanol–water partition coefficient (Wildman–Crippen LogP) is 4.07. The van der Waals surface area contributed by atoms with Gasteiger partial charge in [-0.15, -0.1) is 10.2 Å². The number of nitrogens with zero attached hydrogens (tertiary/aromatic N) is 6. The van der Waals surface area contributed by atoms with Gasteiger partial charge in [0.2, 0.25) is 5.91 Å². The molecule has 0 fully saturated rings. The highest BCUT2D eigenvalue weighted by Gasteiger charge is 2.16. The molecule has 0 atom stereocenters. The van der Waals surface area contributed by atoms with Gasteiger partial charge in [0.1, 0.15) is 0 Å². The first-order valence-electron chi connectivity index (χ1n) is 9.62. The number of aromatic nitrogens is 5. The van der Waals surface area contributed by atoms with Crippen LogP contribution in [0, 0.1) is 0 Å². The maximum Gasteiger partial charge on any atom is 0.233 e. The van der Waals surface area contributed by atoms with E-state index in [0.29, 0.717) is 16.7 Å². The summed E-state index contributed by atoms with van der Waals surface area (Å²) in [6.07, 6.45) is 3.72. The number of rotatable bonds is 7. The van der Waals surface area contributed by atoms with Crippen LogP contribution in [0.15, 0.2) is 72.1 Å². The molecule has 31 heavy (non-hydrogen) atoms. The van der Waals surface area contributed by atoms with Crippen LogP contribution in [0.5, 0.6) is 0 Å². The Hall–Kier alpha value is -3.10. The maximum atomic E-state index is 12.6. The van der Waals surface area contributed by atoms with Crippen molar-refractivity contribution in [3.8, 4) is 17.1 Å². The lowest BCUT2D eigenvalue weighted by atomic mass is 10.2. The van der Waals surface area contributed by atoms with Crippen LogP contribution in [-0.4, -0.2) is 48.2 Å². The molecule has 158 valence electrons. The molecule has 0 aliphatic carbocycles. The number of hydrogen-bond donors (Lipinski definition) is 0. The number of para-hydroxylation sites is 1. The van der Waals surface area contributed by atoms with Crippen molar-refractivity contribution >= 4 is 29.3 Å². The van der Waals surface area contributed by atoms with Crippen molar-refractivity contribution in [2.45, 2.75) is 11.7 Å². The van der Waals surface area contributed by atoms with E-state index in [1.807, 2.05) is 72.4 Å². The number of halogens is 1. The molecule has 0 spiro atoms. The molecule has 4 rings (SSSR count). The molecule has 0 radical (unpaired) electrons. The van der Waals surface area contributed by atoms with Gasteiger partial charge >= 0.3 is 0 Å². The van der Waals surface area contributed by atoms with Crippen molar-refractivity contribution in [3.63, 3.8) is 0 Å². The number of benzene rings is 2. The molecule has 0 N–H and O–H groups in total. The first kappa shape index (κ1) is 21.1. The monoisotopic (exact) mass is 452 g/mol. The van der Waals surface area contributed by atoms with Crippen LogP contribution in [0.4, 0.5) is 0 Å². The Morgan fingerprint density at radius 1 is 1.10 bits per heavy atom. The Labute approximate surface area is 189 Å². The average molecular weight is 453 g/mol. The van der Waals surface area contributed by atoms with Gasteiger partial charge in [0.05, 0.1) is 17.6 Å². The SMILES string of the molecule is CN(Cc1cnn(-c2ccccc2)c1)C(=O)CSc1nnc(-c2ccc(Cl)cc2)n1C. The summed E-state index contributed by atoms with van der Waals surface area (Å²) in [5.74, 6) is 1.01. The number of carbonyl (C=O) groups is 1. The summed E-state index contributed by atoms with van der Waals surface area (Å²) in [6, 6.07) is 17.3. The Kier molecular flexibility index (Phi) is 6.39. The van der Waals surface area contributed by atoms with E-state index < -0.39 is 0 Å². The van der Waals surface area contributed by atoms with Gasteiger partial charge in [0.15, 0.2) is 11.0 Å². The minimum Gasteiger partial charge on any atom is -0.341 e. The molecular formula is C22H21ClN6OS. The molecule has 0 aliphatic rings. The summed E-state index contributed by atoms with van der Waals surface area (Å²) in [6.45, 7) is 0.487. The molecule has 0 saturated heterocycles. The van der Waals surface area contributed by atoms with Crippen LogP contribution in [-0.2, 0) is 18.4 Å². The maximum absolute atomic E-state index is 12.6. The number of thioether (sulfide) groups is 1. The number of hydrogen-bond acceptors (Lipinski definition) is 5. The van der Waals surface area contributed by atoms with Crippen molar-refractivity contribution in [2.75, 3.05) is 12.8 Å². The molecule has 2 aromatic heterocycles. The van der Waals surface area contributed by atoms with Gasteiger partial charge in [-0.3, -0.25) is 4.79 Å². The minimum absolute atomic E-state index is 0.00787. The summed E-state index contributed by atoms with van der Waals surface area (Å²) in [5.41, 5.74) is 2.87. The van der Waals surface area contributed by atoms with Crippen molar-refractivity contribution in [1.82, 2.24) is 29.4 Å². The Bertz CT molecular complexity index is 1170. The van der Waals surface area contributed by atoms with E-state index in [2.05, 4.69) is 15.3 Å². The molecule has 2 aromatic carbocycles. The lowest BCUT2D eigenvalue weighted by molar-refractivity contribution is -0.127. The molecule has 0 unspecified atom stereocenters. The van der Waals surface area contributed by atoms with E-state index in [0.717, 1.165) is 22.6 Å². The molecule has 9 heteroatoms. The second-order valence-corrected chi connectivity index (χ2v) is 8.42. The normalized spacial score (nSPS) is 10.9. The lowest BCUT2D eigenvalue weighted by Gasteiger charge is -2.15. The van der Waals surface area contributed by atoms with Crippen LogP contribution >= 0.6 is 23.4 Å². The summed E-state index contributed by atoms with van der Waals surface area (Å²) in [4.78, 5) is 14.3.